The first-order valence-electron chi connectivity index (χ1n) is 13.8. The van der Waals surface area contributed by atoms with Crippen molar-refractivity contribution in [3.63, 3.8) is 0 Å². The number of aryl methyl sites for hydroxylation is 4. The number of hydrogen-bond acceptors (Lipinski definition) is 0. The Morgan fingerprint density at radius 2 is 0.946 bits per heavy atom. The second kappa shape index (κ2) is 9.91. The molecular weight excluding hydrogens is 460 g/mol. The molecule has 0 radical (unpaired) electrons. The molecular formula is C36H46Si. The summed E-state index contributed by atoms with van der Waals surface area (Å²) < 4.78 is 0. The summed E-state index contributed by atoms with van der Waals surface area (Å²) in [6, 6.07) is 21.8. The number of allylic oxidation sites excluding steroid dienone is 4. The summed E-state index contributed by atoms with van der Waals surface area (Å²) in [5.41, 5.74) is 12.9. The van der Waals surface area contributed by atoms with E-state index in [1.54, 1.807) is 15.6 Å². The Kier molecular flexibility index (Phi) is 7.34. The standard InChI is InChI=1S/C36H46Si/c1-23-12-24(2)15-32(14-23)37(33-16-25(3)13-26(4)17-33)34-21-28(18-27(34)5)29-19-30(35(6,7)8)22-31(20-29)36(9,10)11/h12-20,22,37H,21H2,1-11H3. The van der Waals surface area contributed by atoms with Gasteiger partial charge in [-0.1, -0.05) is 146 Å². The Labute approximate surface area is 228 Å². The first kappa shape index (κ1) is 27.4. The van der Waals surface area contributed by atoms with Crippen LogP contribution in [-0.4, -0.2) is 8.80 Å². The van der Waals surface area contributed by atoms with E-state index in [-0.39, 0.29) is 10.8 Å². The molecule has 0 spiro atoms. The van der Waals surface area contributed by atoms with Crippen LogP contribution in [0.3, 0.4) is 0 Å². The highest BCUT2D eigenvalue weighted by Gasteiger charge is 2.29. The lowest BCUT2D eigenvalue weighted by molar-refractivity contribution is 0.568. The van der Waals surface area contributed by atoms with Crippen LogP contribution in [0.15, 0.2) is 71.4 Å². The van der Waals surface area contributed by atoms with Gasteiger partial charge in [-0.3, -0.25) is 0 Å². The second-order valence-electron chi connectivity index (χ2n) is 13.6. The van der Waals surface area contributed by atoms with E-state index in [0.29, 0.717) is 0 Å². The molecule has 1 aliphatic carbocycles. The molecule has 0 N–H and O–H groups in total. The third kappa shape index (κ3) is 6.09. The SMILES string of the molecule is CC1=C([SiH](c2cc(C)cc(C)c2)c2cc(C)cc(C)c2)CC(c2cc(C(C)(C)C)cc(C(C)(C)C)c2)=C1. The van der Waals surface area contributed by atoms with Crippen LogP contribution >= 0.6 is 0 Å². The average Bonchev–Trinajstić information content (AvgIpc) is 3.12. The highest BCUT2D eigenvalue weighted by molar-refractivity contribution is 6.91. The Balaban J connectivity index is 1.83. The highest BCUT2D eigenvalue weighted by Crippen LogP contribution is 2.38. The van der Waals surface area contributed by atoms with Crippen LogP contribution in [0.25, 0.3) is 5.57 Å². The summed E-state index contributed by atoms with van der Waals surface area (Å²) >= 11 is 0. The minimum atomic E-state index is -1.60. The Morgan fingerprint density at radius 3 is 1.32 bits per heavy atom. The molecule has 0 saturated carbocycles. The van der Waals surface area contributed by atoms with Crippen LogP contribution in [-0.2, 0) is 10.8 Å². The molecule has 0 saturated heterocycles. The van der Waals surface area contributed by atoms with Gasteiger partial charge >= 0.3 is 0 Å². The quantitative estimate of drug-likeness (QED) is 0.313. The van der Waals surface area contributed by atoms with Gasteiger partial charge in [-0.05, 0) is 74.1 Å². The largest absolute Gasteiger partial charge is 0.129 e. The van der Waals surface area contributed by atoms with Gasteiger partial charge in [0.15, 0.2) is 0 Å². The van der Waals surface area contributed by atoms with Crippen molar-refractivity contribution in [1.82, 2.24) is 0 Å². The van der Waals surface area contributed by atoms with Crippen LogP contribution in [0.5, 0.6) is 0 Å². The number of hydrogen-bond donors (Lipinski definition) is 0. The molecule has 0 aromatic heterocycles. The fourth-order valence-corrected chi connectivity index (χ4v) is 9.76. The van der Waals surface area contributed by atoms with Crippen molar-refractivity contribution in [2.45, 2.75) is 93.4 Å². The third-order valence-electron chi connectivity index (χ3n) is 7.82. The fraction of sp³-hybridized carbons (Fsp3) is 0.389. The summed E-state index contributed by atoms with van der Waals surface area (Å²) in [6.07, 6.45) is 3.55. The van der Waals surface area contributed by atoms with E-state index in [1.165, 1.54) is 50.1 Å². The second-order valence-corrected chi connectivity index (χ2v) is 16.5. The molecule has 37 heavy (non-hydrogen) atoms. The molecule has 0 atom stereocenters. The number of rotatable bonds is 4. The molecule has 0 unspecified atom stereocenters. The Bertz CT molecular complexity index is 1280. The van der Waals surface area contributed by atoms with Crippen LogP contribution < -0.4 is 10.4 Å². The summed E-state index contributed by atoms with van der Waals surface area (Å²) in [5, 5.41) is 4.76. The van der Waals surface area contributed by atoms with Crippen molar-refractivity contribution >= 4 is 24.7 Å². The maximum Gasteiger partial charge on any atom is 0.129 e. The van der Waals surface area contributed by atoms with Gasteiger partial charge in [0.05, 0.1) is 0 Å². The predicted octanol–water partition coefficient (Wildman–Crippen LogP) is 8.20. The molecule has 194 valence electrons. The smallest absolute Gasteiger partial charge is 0.0670 e. The highest BCUT2D eigenvalue weighted by atomic mass is 28.3. The van der Waals surface area contributed by atoms with Crippen molar-refractivity contribution in [1.29, 1.82) is 0 Å². The fourth-order valence-electron chi connectivity index (χ4n) is 5.89. The molecule has 1 aliphatic rings. The van der Waals surface area contributed by atoms with Gasteiger partial charge in [0.25, 0.3) is 0 Å². The van der Waals surface area contributed by atoms with Crippen LogP contribution in [0, 0.1) is 27.7 Å². The molecule has 0 heterocycles. The van der Waals surface area contributed by atoms with E-state index in [4.69, 9.17) is 0 Å². The average molecular weight is 507 g/mol. The third-order valence-corrected chi connectivity index (χ3v) is 11.2. The molecule has 0 nitrogen and oxygen atoms in total. The van der Waals surface area contributed by atoms with Gasteiger partial charge in [-0.15, -0.1) is 0 Å². The van der Waals surface area contributed by atoms with Crippen molar-refractivity contribution in [3.05, 3.63) is 110 Å². The normalized spacial score (nSPS) is 14.5. The predicted molar refractivity (Wildman–Crippen MR) is 167 cm³/mol. The minimum absolute atomic E-state index is 0.121. The van der Waals surface area contributed by atoms with Gasteiger partial charge in [0.1, 0.15) is 8.80 Å². The summed E-state index contributed by atoms with van der Waals surface area (Å²) in [4.78, 5) is 0. The summed E-state index contributed by atoms with van der Waals surface area (Å²) in [7, 11) is -1.60. The molecule has 0 fully saturated rings. The van der Waals surface area contributed by atoms with E-state index >= 15 is 0 Å². The van der Waals surface area contributed by atoms with Gasteiger partial charge in [-0.2, -0.15) is 0 Å². The molecule has 1 heteroatoms. The van der Waals surface area contributed by atoms with Gasteiger partial charge < -0.3 is 0 Å². The van der Waals surface area contributed by atoms with E-state index in [2.05, 4.69) is 137 Å². The minimum Gasteiger partial charge on any atom is -0.0670 e. The lowest BCUT2D eigenvalue weighted by atomic mass is 9.79. The Morgan fingerprint density at radius 1 is 0.541 bits per heavy atom. The number of benzene rings is 3. The topological polar surface area (TPSA) is 0 Å². The summed E-state index contributed by atoms with van der Waals surface area (Å²) in [5.74, 6) is 0. The van der Waals surface area contributed by atoms with Crippen molar-refractivity contribution < 1.29 is 0 Å². The maximum atomic E-state index is 2.49. The van der Waals surface area contributed by atoms with Crippen molar-refractivity contribution in [2.24, 2.45) is 0 Å². The van der Waals surface area contributed by atoms with E-state index in [1.807, 2.05) is 0 Å². The van der Waals surface area contributed by atoms with E-state index in [0.717, 1.165) is 6.42 Å². The first-order valence-corrected chi connectivity index (χ1v) is 15.6. The first-order chi connectivity index (χ1) is 17.1. The van der Waals surface area contributed by atoms with Crippen LogP contribution in [0.2, 0.25) is 0 Å². The Hall–Kier alpha value is -2.64. The molecule has 3 aromatic carbocycles. The molecule has 4 rings (SSSR count). The van der Waals surface area contributed by atoms with Crippen molar-refractivity contribution in [3.8, 4) is 0 Å². The van der Waals surface area contributed by atoms with Gasteiger partial charge in [-0.25, -0.2) is 0 Å². The zero-order chi connectivity index (χ0) is 27.3. The van der Waals surface area contributed by atoms with Crippen LogP contribution in [0.1, 0.15) is 93.8 Å². The molecule has 3 aromatic rings. The van der Waals surface area contributed by atoms with E-state index in [9.17, 15) is 0 Å². The zero-order valence-corrected chi connectivity index (χ0v) is 26.2. The van der Waals surface area contributed by atoms with Crippen molar-refractivity contribution in [2.75, 3.05) is 0 Å². The molecule has 0 aliphatic heterocycles. The monoisotopic (exact) mass is 506 g/mol. The van der Waals surface area contributed by atoms with Crippen LogP contribution in [0.4, 0.5) is 0 Å². The van der Waals surface area contributed by atoms with Gasteiger partial charge in [0, 0.05) is 0 Å². The zero-order valence-electron chi connectivity index (χ0n) is 25.1. The molecule has 0 bridgehead atoms. The lowest BCUT2D eigenvalue weighted by Gasteiger charge is -2.27. The lowest BCUT2D eigenvalue weighted by Crippen LogP contribution is -2.45. The summed E-state index contributed by atoms with van der Waals surface area (Å²) in [6.45, 7) is 25.3. The maximum absolute atomic E-state index is 2.49. The van der Waals surface area contributed by atoms with Gasteiger partial charge in [0.2, 0.25) is 0 Å². The van der Waals surface area contributed by atoms with E-state index < -0.39 is 8.80 Å². The molecule has 0 amide bonds.